The van der Waals surface area contributed by atoms with E-state index in [1.807, 2.05) is 6.92 Å². The molecule has 0 aromatic carbocycles. The molecule has 0 amide bonds. The molecule has 12 heavy (non-hydrogen) atoms. The van der Waals surface area contributed by atoms with Crippen molar-refractivity contribution in [3.05, 3.63) is 12.2 Å². The van der Waals surface area contributed by atoms with Crippen molar-refractivity contribution in [3.63, 3.8) is 0 Å². The van der Waals surface area contributed by atoms with Gasteiger partial charge in [0.1, 0.15) is 0 Å². The Bertz CT molecular complexity index is 192. The van der Waals surface area contributed by atoms with Gasteiger partial charge in [0.15, 0.2) is 5.79 Å². The molecule has 0 spiro atoms. The maximum atomic E-state index is 5.50. The molecule has 2 rings (SSSR count). The van der Waals surface area contributed by atoms with E-state index in [2.05, 4.69) is 6.58 Å². The number of hydrogen-bond donors (Lipinski definition) is 0. The standard InChI is InChI=1S/C10H16O2/c1-8-7-9(8)3-4-10(2)11-5-6-12-10/h9H,1,3-7H2,2H3. The first-order chi connectivity index (χ1) is 5.70. The third kappa shape index (κ3) is 1.70. The molecule has 0 aromatic heterocycles. The quantitative estimate of drug-likeness (QED) is 0.601. The van der Waals surface area contributed by atoms with Gasteiger partial charge in [0.2, 0.25) is 0 Å². The Balaban J connectivity index is 1.74. The smallest absolute Gasteiger partial charge is 0.165 e. The van der Waals surface area contributed by atoms with Crippen LogP contribution in [0.2, 0.25) is 0 Å². The zero-order chi connectivity index (χ0) is 8.60. The summed E-state index contributed by atoms with van der Waals surface area (Å²) in [7, 11) is 0. The van der Waals surface area contributed by atoms with Crippen LogP contribution in [0.15, 0.2) is 12.2 Å². The Morgan fingerprint density at radius 1 is 1.50 bits per heavy atom. The summed E-state index contributed by atoms with van der Waals surface area (Å²) in [5, 5.41) is 0. The number of rotatable bonds is 3. The van der Waals surface area contributed by atoms with Crippen LogP contribution in [0.1, 0.15) is 26.2 Å². The fourth-order valence-electron chi connectivity index (χ4n) is 1.70. The summed E-state index contributed by atoms with van der Waals surface area (Å²) in [5.41, 5.74) is 1.40. The van der Waals surface area contributed by atoms with Crippen molar-refractivity contribution in [1.82, 2.24) is 0 Å². The summed E-state index contributed by atoms with van der Waals surface area (Å²) in [6, 6.07) is 0. The summed E-state index contributed by atoms with van der Waals surface area (Å²) < 4.78 is 11.0. The first-order valence-corrected chi connectivity index (χ1v) is 4.65. The van der Waals surface area contributed by atoms with Crippen LogP contribution in [0.3, 0.4) is 0 Å². The Labute approximate surface area is 73.5 Å². The molecule has 2 aliphatic rings. The van der Waals surface area contributed by atoms with E-state index >= 15 is 0 Å². The minimum absolute atomic E-state index is 0.289. The third-order valence-corrected chi connectivity index (χ3v) is 2.77. The molecule has 1 heterocycles. The zero-order valence-corrected chi connectivity index (χ0v) is 7.64. The summed E-state index contributed by atoms with van der Waals surface area (Å²) in [6.45, 7) is 7.47. The van der Waals surface area contributed by atoms with Crippen LogP contribution in [0.5, 0.6) is 0 Å². The van der Waals surface area contributed by atoms with Crippen molar-refractivity contribution in [2.45, 2.75) is 32.0 Å². The highest BCUT2D eigenvalue weighted by molar-refractivity contribution is 5.18. The summed E-state index contributed by atoms with van der Waals surface area (Å²) in [6.07, 6.45) is 3.40. The normalized spacial score (nSPS) is 32.4. The fraction of sp³-hybridized carbons (Fsp3) is 0.800. The molecule has 0 aromatic rings. The average Bonchev–Trinajstić information content (AvgIpc) is 2.55. The van der Waals surface area contributed by atoms with Crippen LogP contribution in [0, 0.1) is 5.92 Å². The molecule has 1 atom stereocenters. The second-order valence-corrected chi connectivity index (χ2v) is 3.93. The molecule has 1 saturated carbocycles. The van der Waals surface area contributed by atoms with Gasteiger partial charge in [0, 0.05) is 6.42 Å². The van der Waals surface area contributed by atoms with E-state index in [0.29, 0.717) is 0 Å². The highest BCUT2D eigenvalue weighted by Gasteiger charge is 2.35. The lowest BCUT2D eigenvalue weighted by molar-refractivity contribution is -0.147. The topological polar surface area (TPSA) is 18.5 Å². The number of hydrogen-bond acceptors (Lipinski definition) is 2. The van der Waals surface area contributed by atoms with Gasteiger partial charge in [-0.1, -0.05) is 12.2 Å². The maximum Gasteiger partial charge on any atom is 0.165 e. The lowest BCUT2D eigenvalue weighted by Crippen LogP contribution is -2.25. The predicted octanol–water partition coefficient (Wildman–Crippen LogP) is 2.11. The molecule has 1 saturated heterocycles. The van der Waals surface area contributed by atoms with Crippen molar-refractivity contribution >= 4 is 0 Å². The molecule has 2 fully saturated rings. The van der Waals surface area contributed by atoms with Crippen molar-refractivity contribution < 1.29 is 9.47 Å². The van der Waals surface area contributed by atoms with Crippen LogP contribution in [-0.2, 0) is 9.47 Å². The van der Waals surface area contributed by atoms with E-state index in [4.69, 9.17) is 9.47 Å². The maximum absolute atomic E-state index is 5.50. The first-order valence-electron chi connectivity index (χ1n) is 4.65. The summed E-state index contributed by atoms with van der Waals surface area (Å²) in [5.74, 6) is 0.470. The Hall–Kier alpha value is -0.340. The van der Waals surface area contributed by atoms with Gasteiger partial charge in [-0.2, -0.15) is 0 Å². The molecular formula is C10H16O2. The van der Waals surface area contributed by atoms with Crippen molar-refractivity contribution in [2.24, 2.45) is 5.92 Å². The van der Waals surface area contributed by atoms with Gasteiger partial charge in [-0.3, -0.25) is 0 Å². The monoisotopic (exact) mass is 168 g/mol. The van der Waals surface area contributed by atoms with Crippen molar-refractivity contribution in [2.75, 3.05) is 13.2 Å². The molecule has 1 aliphatic carbocycles. The molecule has 2 heteroatoms. The van der Waals surface area contributed by atoms with E-state index in [0.717, 1.165) is 25.6 Å². The van der Waals surface area contributed by atoms with Crippen LogP contribution in [0.4, 0.5) is 0 Å². The zero-order valence-electron chi connectivity index (χ0n) is 7.64. The van der Waals surface area contributed by atoms with E-state index in [1.54, 1.807) is 0 Å². The van der Waals surface area contributed by atoms with Gasteiger partial charge in [-0.15, -0.1) is 0 Å². The Morgan fingerprint density at radius 2 is 2.08 bits per heavy atom. The van der Waals surface area contributed by atoms with E-state index in [1.165, 1.54) is 18.4 Å². The molecule has 2 nitrogen and oxygen atoms in total. The van der Waals surface area contributed by atoms with Crippen LogP contribution < -0.4 is 0 Å². The summed E-state index contributed by atoms with van der Waals surface area (Å²) in [4.78, 5) is 0. The van der Waals surface area contributed by atoms with Gasteiger partial charge < -0.3 is 9.47 Å². The molecule has 0 bridgehead atoms. The van der Waals surface area contributed by atoms with Gasteiger partial charge >= 0.3 is 0 Å². The summed E-state index contributed by atoms with van der Waals surface area (Å²) >= 11 is 0. The van der Waals surface area contributed by atoms with Crippen molar-refractivity contribution in [3.8, 4) is 0 Å². The lowest BCUT2D eigenvalue weighted by atomic mass is 10.1. The highest BCUT2D eigenvalue weighted by atomic mass is 16.7. The highest BCUT2D eigenvalue weighted by Crippen LogP contribution is 2.41. The molecule has 0 N–H and O–H groups in total. The second-order valence-electron chi connectivity index (χ2n) is 3.93. The molecular weight excluding hydrogens is 152 g/mol. The van der Waals surface area contributed by atoms with E-state index in [9.17, 15) is 0 Å². The molecule has 1 aliphatic heterocycles. The first kappa shape index (κ1) is 8.27. The largest absolute Gasteiger partial charge is 0.348 e. The second kappa shape index (κ2) is 2.86. The van der Waals surface area contributed by atoms with Gasteiger partial charge in [-0.05, 0) is 25.7 Å². The molecule has 68 valence electrons. The fourth-order valence-corrected chi connectivity index (χ4v) is 1.70. The molecule has 0 radical (unpaired) electrons. The minimum Gasteiger partial charge on any atom is -0.348 e. The van der Waals surface area contributed by atoms with Gasteiger partial charge in [-0.25, -0.2) is 0 Å². The van der Waals surface area contributed by atoms with Gasteiger partial charge in [0.25, 0.3) is 0 Å². The third-order valence-electron chi connectivity index (χ3n) is 2.77. The Morgan fingerprint density at radius 3 is 2.58 bits per heavy atom. The Kier molecular flexibility index (Phi) is 1.97. The van der Waals surface area contributed by atoms with Gasteiger partial charge in [0.05, 0.1) is 13.2 Å². The lowest BCUT2D eigenvalue weighted by Gasteiger charge is -2.21. The molecule has 1 unspecified atom stereocenters. The predicted molar refractivity (Wildman–Crippen MR) is 46.8 cm³/mol. The SMILES string of the molecule is C=C1CC1CCC1(C)OCCO1. The van der Waals surface area contributed by atoms with E-state index < -0.39 is 0 Å². The number of ether oxygens (including phenoxy) is 2. The van der Waals surface area contributed by atoms with E-state index in [-0.39, 0.29) is 5.79 Å². The minimum atomic E-state index is -0.289. The van der Waals surface area contributed by atoms with Crippen LogP contribution >= 0.6 is 0 Å². The van der Waals surface area contributed by atoms with Crippen LogP contribution in [0.25, 0.3) is 0 Å². The average molecular weight is 168 g/mol. The number of allylic oxidation sites excluding steroid dienone is 1. The van der Waals surface area contributed by atoms with Crippen molar-refractivity contribution in [1.29, 1.82) is 0 Å². The van der Waals surface area contributed by atoms with Crippen LogP contribution in [-0.4, -0.2) is 19.0 Å².